The molecule has 0 bridgehead atoms. The van der Waals surface area contributed by atoms with Crippen molar-refractivity contribution in [3.8, 4) is 5.75 Å². The number of hydrogen-bond donors (Lipinski definition) is 3. The molecule has 148 valence electrons. The zero-order valence-electron chi connectivity index (χ0n) is 15.0. The molecule has 1 aromatic rings. The van der Waals surface area contributed by atoms with Crippen LogP contribution in [0.2, 0.25) is 0 Å². The lowest BCUT2D eigenvalue weighted by Gasteiger charge is -2.17. The summed E-state index contributed by atoms with van der Waals surface area (Å²) in [6, 6.07) is 2.95. The molecule has 0 radical (unpaired) electrons. The van der Waals surface area contributed by atoms with Crippen molar-refractivity contribution in [3.05, 3.63) is 28.3 Å². The number of aliphatic carboxylic acids is 1. The number of nitro groups is 1. The Hall–Kier alpha value is -2.72. The smallest absolute Gasteiger partial charge is 0.321 e. The van der Waals surface area contributed by atoms with Gasteiger partial charge in [0.1, 0.15) is 17.5 Å². The Kier molecular flexibility index (Phi) is 7.50. The summed E-state index contributed by atoms with van der Waals surface area (Å²) < 4.78 is 10.6. The van der Waals surface area contributed by atoms with Gasteiger partial charge in [0, 0.05) is 13.2 Å². The second-order valence-corrected chi connectivity index (χ2v) is 6.06. The number of nitrogens with zero attached hydrogens (tertiary/aromatic N) is 1. The lowest BCUT2D eigenvalue weighted by Crippen LogP contribution is -2.43. The number of nitro benzene ring substituents is 1. The average molecular weight is 381 g/mol. The molecular formula is C17H23N3O7. The van der Waals surface area contributed by atoms with E-state index in [1.54, 1.807) is 6.92 Å². The number of anilines is 1. The van der Waals surface area contributed by atoms with Gasteiger partial charge in [0.25, 0.3) is 5.69 Å². The van der Waals surface area contributed by atoms with Crippen LogP contribution in [0.4, 0.5) is 11.4 Å². The van der Waals surface area contributed by atoms with Gasteiger partial charge in [-0.15, -0.1) is 0 Å². The molecule has 1 amide bonds. The molecule has 1 aliphatic heterocycles. The van der Waals surface area contributed by atoms with E-state index in [4.69, 9.17) is 9.47 Å². The first-order chi connectivity index (χ1) is 12.9. The number of nitrogens with one attached hydrogen (secondary N) is 2. The SMILES string of the molecule is CCOc1ccc(NC(=O)C[C@@H](NC[C@@H]2CCCO2)C(=O)O)c([N+](=O)[O-])c1. The molecule has 0 aromatic heterocycles. The van der Waals surface area contributed by atoms with E-state index in [1.807, 2.05) is 0 Å². The summed E-state index contributed by atoms with van der Waals surface area (Å²) in [5.41, 5.74) is -0.342. The fourth-order valence-electron chi connectivity index (χ4n) is 2.74. The summed E-state index contributed by atoms with van der Waals surface area (Å²) in [4.78, 5) is 34.2. The Morgan fingerprint density at radius 2 is 2.26 bits per heavy atom. The Balaban J connectivity index is 1.99. The maximum atomic E-state index is 12.2. The van der Waals surface area contributed by atoms with Crippen molar-refractivity contribution in [3.63, 3.8) is 0 Å². The summed E-state index contributed by atoms with van der Waals surface area (Å²) in [7, 11) is 0. The third-order valence-corrected chi connectivity index (χ3v) is 4.05. The molecule has 1 heterocycles. The lowest BCUT2D eigenvalue weighted by atomic mass is 10.1. The predicted molar refractivity (Wildman–Crippen MR) is 95.9 cm³/mol. The second kappa shape index (κ2) is 9.83. The van der Waals surface area contributed by atoms with Crippen molar-refractivity contribution in [2.24, 2.45) is 0 Å². The number of hydrogen-bond acceptors (Lipinski definition) is 7. The Labute approximate surface area is 156 Å². The molecule has 2 rings (SSSR count). The van der Waals surface area contributed by atoms with E-state index in [-0.39, 0.29) is 23.9 Å². The average Bonchev–Trinajstić information content (AvgIpc) is 3.13. The Morgan fingerprint density at radius 3 is 2.85 bits per heavy atom. The molecule has 0 spiro atoms. The summed E-state index contributed by atoms with van der Waals surface area (Å²) >= 11 is 0. The summed E-state index contributed by atoms with van der Waals surface area (Å²) in [5, 5.41) is 25.7. The van der Waals surface area contributed by atoms with Gasteiger partial charge >= 0.3 is 5.97 Å². The summed E-state index contributed by atoms with van der Waals surface area (Å²) in [6.45, 7) is 3.07. The van der Waals surface area contributed by atoms with Gasteiger partial charge in [0.2, 0.25) is 5.91 Å². The van der Waals surface area contributed by atoms with Crippen molar-refractivity contribution in [1.29, 1.82) is 0 Å². The lowest BCUT2D eigenvalue weighted by molar-refractivity contribution is -0.384. The van der Waals surface area contributed by atoms with Crippen LogP contribution >= 0.6 is 0 Å². The number of amides is 1. The Bertz CT molecular complexity index is 689. The van der Waals surface area contributed by atoms with Gasteiger partial charge in [0.15, 0.2) is 0 Å². The van der Waals surface area contributed by atoms with E-state index >= 15 is 0 Å². The highest BCUT2D eigenvalue weighted by molar-refractivity contribution is 5.95. The largest absolute Gasteiger partial charge is 0.494 e. The quantitative estimate of drug-likeness (QED) is 0.409. The van der Waals surface area contributed by atoms with Crippen LogP contribution in [-0.4, -0.2) is 53.8 Å². The number of benzene rings is 1. The first-order valence-electron chi connectivity index (χ1n) is 8.69. The van der Waals surface area contributed by atoms with E-state index in [0.29, 0.717) is 25.5 Å². The first-order valence-corrected chi connectivity index (χ1v) is 8.69. The number of carbonyl (C=O) groups is 2. The fourth-order valence-corrected chi connectivity index (χ4v) is 2.74. The molecule has 0 aliphatic carbocycles. The molecule has 27 heavy (non-hydrogen) atoms. The van der Waals surface area contributed by atoms with Gasteiger partial charge in [-0.1, -0.05) is 0 Å². The van der Waals surface area contributed by atoms with Crippen LogP contribution in [0, 0.1) is 10.1 Å². The van der Waals surface area contributed by atoms with Gasteiger partial charge in [-0.25, -0.2) is 0 Å². The molecule has 1 fully saturated rings. The standard InChI is InChI=1S/C17H23N3O7/c1-2-26-11-5-6-13(15(8-11)20(24)25)19-16(21)9-14(17(22)23)18-10-12-4-3-7-27-12/h5-6,8,12,14,18H,2-4,7,9-10H2,1H3,(H,19,21)(H,22,23)/t12-,14+/m0/s1. The third kappa shape index (κ3) is 6.19. The maximum Gasteiger partial charge on any atom is 0.321 e. The van der Waals surface area contributed by atoms with Crippen LogP contribution in [0.5, 0.6) is 5.75 Å². The highest BCUT2D eigenvalue weighted by Gasteiger charge is 2.25. The number of rotatable bonds is 10. The molecule has 0 saturated carbocycles. The molecule has 1 aliphatic rings. The minimum atomic E-state index is -1.18. The van der Waals surface area contributed by atoms with Gasteiger partial charge in [-0.3, -0.25) is 19.7 Å². The highest BCUT2D eigenvalue weighted by Crippen LogP contribution is 2.29. The van der Waals surface area contributed by atoms with Crippen molar-refractivity contribution >= 4 is 23.3 Å². The van der Waals surface area contributed by atoms with Gasteiger partial charge in [-0.2, -0.15) is 0 Å². The normalized spacial score (nSPS) is 17.3. The summed E-state index contributed by atoms with van der Waals surface area (Å²) in [5.74, 6) is -1.51. The van der Waals surface area contributed by atoms with Crippen molar-refractivity contribution < 1.29 is 29.1 Å². The number of carboxylic acids is 1. The predicted octanol–water partition coefficient (Wildman–Crippen LogP) is 1.54. The molecule has 1 aromatic carbocycles. The molecule has 10 nitrogen and oxygen atoms in total. The molecule has 1 saturated heterocycles. The van der Waals surface area contributed by atoms with Crippen LogP contribution in [-0.2, 0) is 14.3 Å². The van der Waals surface area contributed by atoms with E-state index in [1.165, 1.54) is 18.2 Å². The zero-order chi connectivity index (χ0) is 19.8. The van der Waals surface area contributed by atoms with Gasteiger partial charge in [-0.05, 0) is 31.9 Å². The zero-order valence-corrected chi connectivity index (χ0v) is 15.0. The minimum Gasteiger partial charge on any atom is -0.494 e. The van der Waals surface area contributed by atoms with E-state index < -0.39 is 22.8 Å². The van der Waals surface area contributed by atoms with Crippen LogP contribution in [0.3, 0.4) is 0 Å². The van der Waals surface area contributed by atoms with Gasteiger partial charge < -0.3 is 25.2 Å². The molecule has 10 heteroatoms. The molecule has 0 unspecified atom stereocenters. The second-order valence-electron chi connectivity index (χ2n) is 6.06. The topological polar surface area (TPSA) is 140 Å². The molecule has 2 atom stereocenters. The van der Waals surface area contributed by atoms with Gasteiger partial charge in [0.05, 0.1) is 30.1 Å². The molecular weight excluding hydrogens is 358 g/mol. The highest BCUT2D eigenvalue weighted by atomic mass is 16.6. The van der Waals surface area contributed by atoms with Crippen LogP contribution in [0.25, 0.3) is 0 Å². The van der Waals surface area contributed by atoms with Crippen molar-refractivity contribution in [2.45, 2.75) is 38.3 Å². The monoisotopic (exact) mass is 381 g/mol. The van der Waals surface area contributed by atoms with E-state index in [0.717, 1.165) is 12.8 Å². The van der Waals surface area contributed by atoms with Crippen molar-refractivity contribution in [2.75, 3.05) is 25.1 Å². The molecule has 3 N–H and O–H groups in total. The fraction of sp³-hybridized carbons (Fsp3) is 0.529. The van der Waals surface area contributed by atoms with E-state index in [9.17, 15) is 24.8 Å². The van der Waals surface area contributed by atoms with Crippen LogP contribution in [0.15, 0.2) is 18.2 Å². The number of carbonyl (C=O) groups excluding carboxylic acids is 1. The number of carboxylic acid groups (broad SMARTS) is 1. The minimum absolute atomic E-state index is 0.0169. The first kappa shape index (κ1) is 20.6. The maximum absolute atomic E-state index is 12.2. The van der Waals surface area contributed by atoms with Crippen LogP contribution < -0.4 is 15.4 Å². The summed E-state index contributed by atoms with van der Waals surface area (Å²) in [6.07, 6.45) is 1.32. The third-order valence-electron chi connectivity index (χ3n) is 4.05. The van der Waals surface area contributed by atoms with Crippen LogP contribution in [0.1, 0.15) is 26.2 Å². The van der Waals surface area contributed by atoms with Crippen molar-refractivity contribution in [1.82, 2.24) is 5.32 Å². The Morgan fingerprint density at radius 1 is 1.48 bits per heavy atom. The van der Waals surface area contributed by atoms with E-state index in [2.05, 4.69) is 10.6 Å². The number of ether oxygens (including phenoxy) is 2.